The van der Waals surface area contributed by atoms with E-state index in [1.54, 1.807) is 24.1 Å². The van der Waals surface area contributed by atoms with Gasteiger partial charge in [0.1, 0.15) is 5.82 Å². The molecule has 0 saturated carbocycles. The second kappa shape index (κ2) is 8.30. The number of nitrogens with one attached hydrogen (secondary N) is 1. The van der Waals surface area contributed by atoms with Crippen LogP contribution in [0.1, 0.15) is 22.7 Å². The van der Waals surface area contributed by atoms with Gasteiger partial charge in [0.15, 0.2) is 0 Å². The lowest BCUT2D eigenvalue weighted by Gasteiger charge is -2.29. The summed E-state index contributed by atoms with van der Waals surface area (Å²) in [7, 11) is 1.75. The Morgan fingerprint density at radius 1 is 0.885 bits per heavy atom. The highest BCUT2D eigenvalue weighted by atomic mass is 19.1. The third kappa shape index (κ3) is 4.28. The molecule has 26 heavy (non-hydrogen) atoms. The summed E-state index contributed by atoms with van der Waals surface area (Å²) in [5.41, 5.74) is 2.86. The maximum absolute atomic E-state index is 13.3. The molecule has 3 nitrogen and oxygen atoms in total. The summed E-state index contributed by atoms with van der Waals surface area (Å²) < 4.78 is 13.3. The quantitative estimate of drug-likeness (QED) is 0.708. The molecule has 1 atom stereocenters. The zero-order chi connectivity index (χ0) is 18.4. The average molecular weight is 348 g/mol. The lowest BCUT2D eigenvalue weighted by molar-refractivity contribution is 0.198. The number of hydrogen-bond donors (Lipinski definition) is 1. The summed E-state index contributed by atoms with van der Waals surface area (Å²) >= 11 is 0. The third-order valence-corrected chi connectivity index (χ3v) is 4.30. The van der Waals surface area contributed by atoms with Crippen LogP contribution in [0, 0.1) is 5.82 Å². The second-order valence-electron chi connectivity index (χ2n) is 6.12. The fourth-order valence-corrected chi connectivity index (χ4v) is 2.94. The molecule has 2 amide bonds. The molecule has 3 aromatic rings. The Balaban J connectivity index is 1.81. The predicted molar refractivity (Wildman–Crippen MR) is 101 cm³/mol. The van der Waals surface area contributed by atoms with Gasteiger partial charge in [-0.15, -0.1) is 0 Å². The largest absolute Gasteiger partial charge is 0.334 e. The molecule has 1 N–H and O–H groups in total. The van der Waals surface area contributed by atoms with E-state index >= 15 is 0 Å². The van der Waals surface area contributed by atoms with Crippen molar-refractivity contribution in [2.45, 2.75) is 12.6 Å². The summed E-state index contributed by atoms with van der Waals surface area (Å²) in [6, 6.07) is 25.3. The minimum absolute atomic E-state index is 0.188. The summed E-state index contributed by atoms with van der Waals surface area (Å²) in [4.78, 5) is 14.4. The van der Waals surface area contributed by atoms with Crippen LogP contribution in [0.4, 0.5) is 9.18 Å². The first kappa shape index (κ1) is 17.7. The van der Waals surface area contributed by atoms with Crippen LogP contribution in [0.2, 0.25) is 0 Å². The van der Waals surface area contributed by atoms with E-state index in [2.05, 4.69) is 5.32 Å². The Bertz CT molecular complexity index is 835. The van der Waals surface area contributed by atoms with E-state index in [0.29, 0.717) is 6.54 Å². The number of carbonyl (C=O) groups is 1. The van der Waals surface area contributed by atoms with Gasteiger partial charge in [-0.2, -0.15) is 0 Å². The molecule has 0 unspecified atom stereocenters. The first-order chi connectivity index (χ1) is 12.6. The highest BCUT2D eigenvalue weighted by molar-refractivity contribution is 5.75. The van der Waals surface area contributed by atoms with Gasteiger partial charge in [-0.3, -0.25) is 0 Å². The second-order valence-corrected chi connectivity index (χ2v) is 6.12. The van der Waals surface area contributed by atoms with Crippen molar-refractivity contribution < 1.29 is 9.18 Å². The van der Waals surface area contributed by atoms with Crippen LogP contribution in [0.3, 0.4) is 0 Å². The van der Waals surface area contributed by atoms with Crippen molar-refractivity contribution in [3.8, 4) is 0 Å². The van der Waals surface area contributed by atoms with Gasteiger partial charge < -0.3 is 10.2 Å². The number of urea groups is 1. The van der Waals surface area contributed by atoms with Crippen molar-refractivity contribution in [3.63, 3.8) is 0 Å². The molecule has 3 rings (SSSR count). The molecule has 0 radical (unpaired) electrons. The SMILES string of the molecule is CN(C(=O)NCc1ccccc1)[C@H](c1ccccc1)c1ccc(F)cc1. The molecule has 0 saturated heterocycles. The zero-order valence-electron chi connectivity index (χ0n) is 14.6. The molecule has 132 valence electrons. The Morgan fingerprint density at radius 2 is 1.42 bits per heavy atom. The van der Waals surface area contributed by atoms with Crippen molar-refractivity contribution in [2.24, 2.45) is 0 Å². The van der Waals surface area contributed by atoms with E-state index < -0.39 is 0 Å². The van der Waals surface area contributed by atoms with Crippen molar-refractivity contribution in [2.75, 3.05) is 7.05 Å². The van der Waals surface area contributed by atoms with E-state index in [-0.39, 0.29) is 17.9 Å². The van der Waals surface area contributed by atoms with E-state index in [9.17, 15) is 9.18 Å². The van der Waals surface area contributed by atoms with Gasteiger partial charge in [0.25, 0.3) is 0 Å². The van der Waals surface area contributed by atoms with Gasteiger partial charge in [0.2, 0.25) is 0 Å². The normalized spacial score (nSPS) is 11.6. The third-order valence-electron chi connectivity index (χ3n) is 4.30. The molecular weight excluding hydrogens is 327 g/mol. The smallest absolute Gasteiger partial charge is 0.318 e. The molecule has 0 bridgehead atoms. The Labute approximate surface area is 153 Å². The van der Waals surface area contributed by atoms with Crippen molar-refractivity contribution in [1.29, 1.82) is 0 Å². The first-order valence-electron chi connectivity index (χ1n) is 8.50. The number of nitrogens with zero attached hydrogens (tertiary/aromatic N) is 1. The van der Waals surface area contributed by atoms with Crippen LogP contribution >= 0.6 is 0 Å². The number of amides is 2. The van der Waals surface area contributed by atoms with Gasteiger partial charge in [-0.25, -0.2) is 9.18 Å². The monoisotopic (exact) mass is 348 g/mol. The maximum Gasteiger partial charge on any atom is 0.318 e. The minimum Gasteiger partial charge on any atom is -0.334 e. The lowest BCUT2D eigenvalue weighted by atomic mass is 9.97. The minimum atomic E-state index is -0.299. The molecule has 4 heteroatoms. The van der Waals surface area contributed by atoms with Crippen LogP contribution < -0.4 is 5.32 Å². The highest BCUT2D eigenvalue weighted by Crippen LogP contribution is 2.27. The number of benzene rings is 3. The van der Waals surface area contributed by atoms with Crippen molar-refractivity contribution in [3.05, 3.63) is 107 Å². The standard InChI is InChI=1S/C22H21FN2O/c1-25(22(26)24-16-17-8-4-2-5-9-17)21(18-10-6-3-7-11-18)19-12-14-20(23)15-13-19/h2-15,21H,16H2,1H3,(H,24,26)/t21-/m1/s1. The number of rotatable bonds is 5. The summed E-state index contributed by atoms with van der Waals surface area (Å²) in [5, 5.41) is 2.94. The zero-order valence-corrected chi connectivity index (χ0v) is 14.6. The van der Waals surface area contributed by atoms with Crippen molar-refractivity contribution in [1.82, 2.24) is 10.2 Å². The number of halogens is 1. The van der Waals surface area contributed by atoms with Gasteiger partial charge >= 0.3 is 6.03 Å². The molecule has 0 aliphatic rings. The topological polar surface area (TPSA) is 32.3 Å². The molecule has 0 spiro atoms. The van der Waals surface area contributed by atoms with Crippen LogP contribution in [-0.2, 0) is 6.54 Å². The molecule has 0 heterocycles. The van der Waals surface area contributed by atoms with Crippen molar-refractivity contribution >= 4 is 6.03 Å². The van der Waals surface area contributed by atoms with Gasteiger partial charge in [-0.05, 0) is 28.8 Å². The average Bonchev–Trinajstić information content (AvgIpc) is 2.69. The molecule has 3 aromatic carbocycles. The molecule has 0 aromatic heterocycles. The Morgan fingerprint density at radius 3 is 2.04 bits per heavy atom. The maximum atomic E-state index is 13.3. The van der Waals surface area contributed by atoms with Crippen LogP contribution in [0.5, 0.6) is 0 Å². The Hall–Kier alpha value is -3.14. The number of carbonyl (C=O) groups excluding carboxylic acids is 1. The van der Waals surface area contributed by atoms with E-state index in [1.165, 1.54) is 12.1 Å². The van der Waals surface area contributed by atoms with Crippen LogP contribution in [0.15, 0.2) is 84.9 Å². The fraction of sp³-hybridized carbons (Fsp3) is 0.136. The molecular formula is C22H21FN2O. The number of hydrogen-bond acceptors (Lipinski definition) is 1. The predicted octanol–water partition coefficient (Wildman–Crippen LogP) is 4.76. The van der Waals surface area contributed by atoms with E-state index in [1.807, 2.05) is 60.7 Å². The fourth-order valence-electron chi connectivity index (χ4n) is 2.94. The van der Waals surface area contributed by atoms with Gasteiger partial charge in [-0.1, -0.05) is 72.8 Å². The van der Waals surface area contributed by atoms with Crippen LogP contribution in [-0.4, -0.2) is 18.0 Å². The van der Waals surface area contributed by atoms with Gasteiger partial charge in [0, 0.05) is 13.6 Å². The first-order valence-corrected chi connectivity index (χ1v) is 8.50. The van der Waals surface area contributed by atoms with Crippen LogP contribution in [0.25, 0.3) is 0 Å². The van der Waals surface area contributed by atoms with E-state index in [4.69, 9.17) is 0 Å². The highest BCUT2D eigenvalue weighted by Gasteiger charge is 2.23. The molecule has 0 aliphatic heterocycles. The van der Waals surface area contributed by atoms with Gasteiger partial charge in [0.05, 0.1) is 6.04 Å². The summed E-state index contributed by atoms with van der Waals surface area (Å²) in [6.45, 7) is 0.453. The lowest BCUT2D eigenvalue weighted by Crippen LogP contribution is -2.39. The summed E-state index contributed by atoms with van der Waals surface area (Å²) in [6.07, 6.45) is 0. The molecule has 0 aliphatic carbocycles. The summed E-state index contributed by atoms with van der Waals surface area (Å²) in [5.74, 6) is -0.295. The Kier molecular flexibility index (Phi) is 5.64. The molecule has 0 fully saturated rings. The van der Waals surface area contributed by atoms with E-state index in [0.717, 1.165) is 16.7 Å².